The monoisotopic (exact) mass is 489 g/mol. The number of nitrogens with two attached hydrogens (primary N) is 1. The van der Waals surface area contributed by atoms with E-state index in [1.54, 1.807) is 0 Å². The highest BCUT2D eigenvalue weighted by Crippen LogP contribution is 2.44. The Morgan fingerprint density at radius 2 is 1.92 bits per heavy atom. The number of amides is 1. The van der Waals surface area contributed by atoms with E-state index in [1.807, 2.05) is 0 Å². The normalized spacial score (nSPS) is 31.2. The zero-order valence-electron chi connectivity index (χ0n) is 21.9. The van der Waals surface area contributed by atoms with Gasteiger partial charge in [0.15, 0.2) is 5.69 Å². The van der Waals surface area contributed by atoms with Crippen molar-refractivity contribution in [2.75, 3.05) is 26.2 Å². The van der Waals surface area contributed by atoms with Gasteiger partial charge < -0.3 is 15.0 Å². The molecular weight excluding hydrogens is 446 g/mol. The molecule has 3 N–H and O–H groups in total. The maximum absolute atomic E-state index is 14.6. The van der Waals surface area contributed by atoms with Crippen molar-refractivity contribution in [2.45, 2.75) is 82.3 Å². The molecule has 5 nitrogen and oxygen atoms in total. The molecular formula is C31H43N3O2+2. The number of aromatic amines is 1. The first kappa shape index (κ1) is 24.1. The Morgan fingerprint density at radius 1 is 1.08 bits per heavy atom. The van der Waals surface area contributed by atoms with Gasteiger partial charge >= 0.3 is 0 Å². The van der Waals surface area contributed by atoms with Crippen molar-refractivity contribution in [1.29, 1.82) is 0 Å². The third kappa shape index (κ3) is 4.39. The summed E-state index contributed by atoms with van der Waals surface area (Å²) in [6.07, 6.45) is 9.68. The zero-order chi connectivity index (χ0) is 24.5. The number of H-pyrrole nitrogens is 1. The van der Waals surface area contributed by atoms with E-state index in [4.69, 9.17) is 4.74 Å². The standard InChI is InChI=1S/C31H41N3O2/c1-22-12-13-26-28(33-22)20-36-17-15-31(26)21-32-19-27(31)30(35)34-16-14-25(23-8-4-2-5-9-23)18-29(34)24-10-6-3-7-11-24/h2,4-5,8-9,12-13,24-25,27,29,32H,3,6-7,10-11,14-21H2,1H3/p+2/t25-,27?,29+,31+/m1/s1. The number of pyridine rings is 1. The number of hydrogen-bond donors (Lipinski definition) is 1. The van der Waals surface area contributed by atoms with Crippen LogP contribution in [0.25, 0.3) is 0 Å². The number of carbonyl (C=O) groups is 1. The van der Waals surface area contributed by atoms with E-state index in [0.29, 0.717) is 30.4 Å². The van der Waals surface area contributed by atoms with E-state index >= 15 is 0 Å². The number of quaternary nitrogens is 1. The van der Waals surface area contributed by atoms with Gasteiger partial charge in [0.25, 0.3) is 0 Å². The molecule has 36 heavy (non-hydrogen) atoms. The molecule has 192 valence electrons. The Balaban J connectivity index is 1.31. The number of carbonyl (C=O) groups excluding carboxylic acids is 1. The number of fused-ring (bicyclic) bond motifs is 2. The van der Waals surface area contributed by atoms with Crippen LogP contribution in [0.5, 0.6) is 0 Å². The minimum Gasteiger partial charge on any atom is -0.370 e. The zero-order valence-corrected chi connectivity index (χ0v) is 21.9. The second-order valence-electron chi connectivity index (χ2n) is 11.9. The largest absolute Gasteiger partial charge is 0.370 e. The first-order valence-electron chi connectivity index (χ1n) is 14.4. The fourth-order valence-electron chi connectivity index (χ4n) is 8.05. The molecule has 4 heterocycles. The molecule has 4 atom stereocenters. The molecule has 1 aromatic heterocycles. The minimum atomic E-state index is -0.138. The Bertz CT molecular complexity index is 1070. The number of ether oxygens (including phenoxy) is 1. The number of aromatic nitrogens is 1. The molecule has 1 aliphatic carbocycles. The molecule has 4 aliphatic rings. The summed E-state index contributed by atoms with van der Waals surface area (Å²) < 4.78 is 6.05. The summed E-state index contributed by atoms with van der Waals surface area (Å²) in [4.78, 5) is 20.6. The molecule has 1 amide bonds. The maximum Gasteiger partial charge on any atom is 0.232 e. The van der Waals surface area contributed by atoms with Crippen LogP contribution in [0.15, 0.2) is 42.5 Å². The van der Waals surface area contributed by atoms with Gasteiger partial charge in [-0.05, 0) is 55.6 Å². The highest BCUT2D eigenvalue weighted by molar-refractivity contribution is 5.82. The van der Waals surface area contributed by atoms with Crippen LogP contribution in [0.4, 0.5) is 0 Å². The summed E-state index contributed by atoms with van der Waals surface area (Å²) in [5.74, 6) is 1.65. The van der Waals surface area contributed by atoms with Crippen LogP contribution in [0.3, 0.4) is 0 Å². The number of benzene rings is 1. The summed E-state index contributed by atoms with van der Waals surface area (Å²) in [6.45, 7) is 6.21. The number of nitrogens with one attached hydrogen (secondary N) is 1. The molecule has 0 bridgehead atoms. The molecule has 0 radical (unpaired) electrons. The molecule has 3 fully saturated rings. The Labute approximate surface area is 216 Å². The fraction of sp³-hybridized carbons (Fsp3) is 0.613. The Morgan fingerprint density at radius 3 is 2.75 bits per heavy atom. The fourth-order valence-corrected chi connectivity index (χ4v) is 8.05. The van der Waals surface area contributed by atoms with Crippen molar-refractivity contribution in [2.24, 2.45) is 11.8 Å². The van der Waals surface area contributed by atoms with E-state index in [-0.39, 0.29) is 11.3 Å². The van der Waals surface area contributed by atoms with Gasteiger partial charge in [-0.2, -0.15) is 0 Å². The predicted octanol–water partition coefficient (Wildman–Crippen LogP) is 3.52. The molecule has 1 aromatic carbocycles. The number of nitrogens with zero attached hydrogens (tertiary/aromatic N) is 1. The number of piperidine rings is 1. The van der Waals surface area contributed by atoms with E-state index < -0.39 is 0 Å². The van der Waals surface area contributed by atoms with Gasteiger partial charge in [0.05, 0.1) is 18.5 Å². The van der Waals surface area contributed by atoms with Gasteiger partial charge in [0, 0.05) is 37.7 Å². The van der Waals surface area contributed by atoms with Crippen LogP contribution in [0, 0.1) is 18.8 Å². The maximum atomic E-state index is 14.6. The van der Waals surface area contributed by atoms with Crippen molar-refractivity contribution >= 4 is 5.91 Å². The number of likely N-dealkylation sites (tertiary alicyclic amines) is 1. The van der Waals surface area contributed by atoms with Crippen molar-refractivity contribution < 1.29 is 19.8 Å². The molecule has 1 unspecified atom stereocenters. The van der Waals surface area contributed by atoms with E-state index in [2.05, 4.69) is 64.6 Å². The molecule has 1 spiro atoms. The van der Waals surface area contributed by atoms with Crippen LogP contribution < -0.4 is 10.3 Å². The van der Waals surface area contributed by atoms with E-state index in [0.717, 1.165) is 51.2 Å². The predicted molar refractivity (Wildman–Crippen MR) is 139 cm³/mol. The summed E-state index contributed by atoms with van der Waals surface area (Å²) in [7, 11) is 0. The topological polar surface area (TPSA) is 60.3 Å². The molecule has 3 aliphatic heterocycles. The minimum absolute atomic E-state index is 0.0217. The summed E-state index contributed by atoms with van der Waals surface area (Å²) in [5, 5.41) is 2.39. The average molecular weight is 490 g/mol. The number of aryl methyl sites for hydroxylation is 1. The Kier molecular flexibility index (Phi) is 6.87. The quantitative estimate of drug-likeness (QED) is 0.717. The molecule has 2 saturated heterocycles. The van der Waals surface area contributed by atoms with Gasteiger partial charge in [0.2, 0.25) is 11.6 Å². The number of rotatable bonds is 3. The van der Waals surface area contributed by atoms with Crippen molar-refractivity contribution in [1.82, 2.24) is 4.90 Å². The Hall–Kier alpha value is -2.24. The lowest BCUT2D eigenvalue weighted by Gasteiger charge is -2.46. The van der Waals surface area contributed by atoms with Crippen molar-refractivity contribution in [3.8, 4) is 0 Å². The smallest absolute Gasteiger partial charge is 0.232 e. The SMILES string of the molecule is Cc1ccc2c([nH+]1)COCC[C@]21C[NH2+]CC1C(=O)N1CC[C@@H](c2ccccc2)C[C@H]1C1CCCCC1. The second-order valence-corrected chi connectivity index (χ2v) is 11.9. The molecule has 2 aromatic rings. The van der Waals surface area contributed by atoms with Gasteiger partial charge in [0.1, 0.15) is 12.5 Å². The molecule has 6 rings (SSSR count). The first-order chi connectivity index (χ1) is 17.7. The van der Waals surface area contributed by atoms with Crippen LogP contribution in [-0.2, 0) is 21.6 Å². The third-order valence-corrected chi connectivity index (χ3v) is 9.92. The van der Waals surface area contributed by atoms with Crippen molar-refractivity contribution in [3.63, 3.8) is 0 Å². The summed E-state index contributed by atoms with van der Waals surface area (Å²) >= 11 is 0. The van der Waals surface area contributed by atoms with E-state index in [1.165, 1.54) is 48.9 Å². The van der Waals surface area contributed by atoms with Gasteiger partial charge in [-0.15, -0.1) is 0 Å². The highest BCUT2D eigenvalue weighted by atomic mass is 16.5. The van der Waals surface area contributed by atoms with Gasteiger partial charge in [-0.25, -0.2) is 4.98 Å². The highest BCUT2D eigenvalue weighted by Gasteiger charge is 2.56. The van der Waals surface area contributed by atoms with Gasteiger partial charge in [-0.1, -0.05) is 49.6 Å². The van der Waals surface area contributed by atoms with Crippen LogP contribution in [-0.4, -0.2) is 43.1 Å². The molecule has 1 saturated carbocycles. The lowest BCUT2D eigenvalue weighted by molar-refractivity contribution is -0.640. The summed E-state index contributed by atoms with van der Waals surface area (Å²) in [6, 6.07) is 15.9. The molecule has 5 heteroatoms. The second kappa shape index (κ2) is 10.3. The van der Waals surface area contributed by atoms with Crippen molar-refractivity contribution in [3.05, 3.63) is 65.0 Å². The number of hydrogen-bond acceptors (Lipinski definition) is 2. The van der Waals surface area contributed by atoms with Crippen LogP contribution in [0.1, 0.15) is 79.8 Å². The van der Waals surface area contributed by atoms with E-state index in [9.17, 15) is 4.79 Å². The first-order valence-corrected chi connectivity index (χ1v) is 14.4. The van der Waals surface area contributed by atoms with Crippen LogP contribution >= 0.6 is 0 Å². The average Bonchev–Trinajstić information content (AvgIpc) is 3.27. The van der Waals surface area contributed by atoms with Gasteiger partial charge in [-0.3, -0.25) is 4.79 Å². The van der Waals surface area contributed by atoms with Crippen LogP contribution in [0.2, 0.25) is 0 Å². The summed E-state index contributed by atoms with van der Waals surface area (Å²) in [5.41, 5.74) is 4.97. The lowest BCUT2D eigenvalue weighted by atomic mass is 9.68. The third-order valence-electron chi connectivity index (χ3n) is 9.92. The lowest BCUT2D eigenvalue weighted by Crippen LogP contribution is -2.82.